The van der Waals surface area contributed by atoms with E-state index in [1.807, 2.05) is 6.92 Å². The monoisotopic (exact) mass is 183 g/mol. The Morgan fingerprint density at radius 3 is 2.92 bits per heavy atom. The molecule has 1 aromatic rings. The molecule has 2 rings (SSSR count). The Labute approximate surface area is 76.5 Å². The molecule has 0 aliphatic carbocycles. The average Bonchev–Trinajstić information content (AvgIpc) is 2.52. The highest BCUT2D eigenvalue weighted by Gasteiger charge is 2.24. The zero-order valence-corrected chi connectivity index (χ0v) is 7.78. The van der Waals surface area contributed by atoms with E-state index in [4.69, 9.17) is 9.26 Å². The lowest BCUT2D eigenvalue weighted by Gasteiger charge is -2.25. The van der Waals surface area contributed by atoms with Gasteiger partial charge in [-0.1, -0.05) is 5.16 Å². The summed E-state index contributed by atoms with van der Waals surface area (Å²) in [6.07, 6.45) is 0.107. The van der Waals surface area contributed by atoms with Crippen LogP contribution in [0.25, 0.3) is 0 Å². The second kappa shape index (κ2) is 3.43. The minimum Gasteiger partial charge on any atom is -0.363 e. The predicted octanol–water partition coefficient (Wildman–Crippen LogP) is 0.427. The summed E-state index contributed by atoms with van der Waals surface area (Å²) < 4.78 is 10.7. The van der Waals surface area contributed by atoms with Gasteiger partial charge in [0, 0.05) is 13.1 Å². The second-order valence-electron chi connectivity index (χ2n) is 3.27. The van der Waals surface area contributed by atoms with Gasteiger partial charge in [0.25, 0.3) is 5.89 Å². The molecule has 0 saturated carbocycles. The SMILES string of the molecule is Cc1noc(C2CNCC(C)O2)n1. The fourth-order valence-electron chi connectivity index (χ4n) is 1.38. The molecule has 0 aromatic carbocycles. The number of hydrogen-bond donors (Lipinski definition) is 1. The summed E-state index contributed by atoms with van der Waals surface area (Å²) in [6.45, 7) is 5.44. The van der Waals surface area contributed by atoms with E-state index in [0.29, 0.717) is 11.7 Å². The van der Waals surface area contributed by atoms with Crippen LogP contribution in [0, 0.1) is 6.92 Å². The van der Waals surface area contributed by atoms with Crippen LogP contribution in [-0.2, 0) is 4.74 Å². The van der Waals surface area contributed by atoms with Crippen LogP contribution < -0.4 is 5.32 Å². The van der Waals surface area contributed by atoms with E-state index in [1.165, 1.54) is 0 Å². The van der Waals surface area contributed by atoms with E-state index in [-0.39, 0.29) is 12.2 Å². The third-order valence-electron chi connectivity index (χ3n) is 1.98. The number of aromatic nitrogens is 2. The van der Waals surface area contributed by atoms with Crippen LogP contribution in [0.3, 0.4) is 0 Å². The molecular formula is C8H13N3O2. The lowest BCUT2D eigenvalue weighted by atomic mass is 10.2. The van der Waals surface area contributed by atoms with Crippen molar-refractivity contribution in [2.45, 2.75) is 26.1 Å². The van der Waals surface area contributed by atoms with Crippen molar-refractivity contribution in [2.75, 3.05) is 13.1 Å². The van der Waals surface area contributed by atoms with Crippen LogP contribution in [0.15, 0.2) is 4.52 Å². The second-order valence-corrected chi connectivity index (χ2v) is 3.27. The van der Waals surface area contributed by atoms with Crippen LogP contribution in [-0.4, -0.2) is 29.3 Å². The van der Waals surface area contributed by atoms with Gasteiger partial charge in [0.2, 0.25) is 0 Å². The average molecular weight is 183 g/mol. The van der Waals surface area contributed by atoms with E-state index < -0.39 is 0 Å². The molecule has 2 heterocycles. The fourth-order valence-corrected chi connectivity index (χ4v) is 1.38. The molecule has 1 aromatic heterocycles. The Bertz CT molecular complexity index is 287. The van der Waals surface area contributed by atoms with Crippen molar-refractivity contribution in [1.29, 1.82) is 0 Å². The van der Waals surface area contributed by atoms with Crippen LogP contribution in [0.5, 0.6) is 0 Å². The normalized spacial score (nSPS) is 29.1. The number of nitrogens with zero attached hydrogens (tertiary/aromatic N) is 2. The summed E-state index contributed by atoms with van der Waals surface area (Å²) in [5, 5.41) is 6.96. The smallest absolute Gasteiger partial charge is 0.257 e. The molecule has 13 heavy (non-hydrogen) atoms. The lowest BCUT2D eigenvalue weighted by Crippen LogP contribution is -2.39. The van der Waals surface area contributed by atoms with Crippen molar-refractivity contribution in [3.05, 3.63) is 11.7 Å². The first-order chi connectivity index (χ1) is 6.25. The van der Waals surface area contributed by atoms with E-state index >= 15 is 0 Å². The molecule has 1 saturated heterocycles. The highest BCUT2D eigenvalue weighted by molar-refractivity contribution is 4.91. The molecular weight excluding hydrogens is 170 g/mol. The molecule has 72 valence electrons. The standard InChI is InChI=1S/C8H13N3O2/c1-5-3-9-4-7(12-5)8-10-6(2)11-13-8/h5,7,9H,3-4H2,1-2H3. The molecule has 1 N–H and O–H groups in total. The molecule has 5 heteroatoms. The summed E-state index contributed by atoms with van der Waals surface area (Å²) in [5.41, 5.74) is 0. The maximum Gasteiger partial charge on any atom is 0.257 e. The Morgan fingerprint density at radius 2 is 2.31 bits per heavy atom. The van der Waals surface area contributed by atoms with Gasteiger partial charge >= 0.3 is 0 Å². The molecule has 2 unspecified atom stereocenters. The van der Waals surface area contributed by atoms with Crippen molar-refractivity contribution in [3.8, 4) is 0 Å². The van der Waals surface area contributed by atoms with E-state index in [0.717, 1.165) is 13.1 Å². The van der Waals surface area contributed by atoms with E-state index in [9.17, 15) is 0 Å². The lowest BCUT2D eigenvalue weighted by molar-refractivity contribution is -0.0438. The third-order valence-corrected chi connectivity index (χ3v) is 1.98. The van der Waals surface area contributed by atoms with Gasteiger partial charge in [-0.15, -0.1) is 0 Å². The maximum atomic E-state index is 5.63. The van der Waals surface area contributed by atoms with Gasteiger partial charge in [-0.2, -0.15) is 4.98 Å². The van der Waals surface area contributed by atoms with Crippen molar-refractivity contribution >= 4 is 0 Å². The van der Waals surface area contributed by atoms with Gasteiger partial charge in [-0.3, -0.25) is 0 Å². The Hall–Kier alpha value is -0.940. The van der Waals surface area contributed by atoms with Gasteiger partial charge in [0.1, 0.15) is 6.10 Å². The summed E-state index contributed by atoms with van der Waals surface area (Å²) in [5.74, 6) is 1.22. The third kappa shape index (κ3) is 1.87. The van der Waals surface area contributed by atoms with Gasteiger partial charge in [-0.25, -0.2) is 0 Å². The molecule has 0 bridgehead atoms. The minimum atomic E-state index is -0.0926. The molecule has 5 nitrogen and oxygen atoms in total. The number of hydrogen-bond acceptors (Lipinski definition) is 5. The first-order valence-electron chi connectivity index (χ1n) is 4.42. The van der Waals surface area contributed by atoms with Crippen LogP contribution in [0.2, 0.25) is 0 Å². The van der Waals surface area contributed by atoms with Gasteiger partial charge < -0.3 is 14.6 Å². The highest BCUT2D eigenvalue weighted by atomic mass is 16.5. The zero-order valence-electron chi connectivity index (χ0n) is 7.78. The van der Waals surface area contributed by atoms with Crippen molar-refractivity contribution in [3.63, 3.8) is 0 Å². The van der Waals surface area contributed by atoms with E-state index in [2.05, 4.69) is 15.5 Å². The molecule has 1 aliphatic heterocycles. The number of nitrogens with one attached hydrogen (secondary N) is 1. The van der Waals surface area contributed by atoms with E-state index in [1.54, 1.807) is 6.92 Å². The Balaban J connectivity index is 2.08. The summed E-state index contributed by atoms with van der Waals surface area (Å²) in [6, 6.07) is 0. The van der Waals surface area contributed by atoms with Crippen LogP contribution in [0.1, 0.15) is 24.7 Å². The Morgan fingerprint density at radius 1 is 1.46 bits per heavy atom. The van der Waals surface area contributed by atoms with Crippen LogP contribution in [0.4, 0.5) is 0 Å². The molecule has 0 amide bonds. The highest BCUT2D eigenvalue weighted by Crippen LogP contribution is 2.18. The first-order valence-corrected chi connectivity index (χ1v) is 4.42. The largest absolute Gasteiger partial charge is 0.363 e. The fraction of sp³-hybridized carbons (Fsp3) is 0.750. The number of rotatable bonds is 1. The van der Waals surface area contributed by atoms with Gasteiger partial charge in [0.05, 0.1) is 6.10 Å². The van der Waals surface area contributed by atoms with Gasteiger partial charge in [-0.05, 0) is 13.8 Å². The topological polar surface area (TPSA) is 60.2 Å². The summed E-state index contributed by atoms with van der Waals surface area (Å²) >= 11 is 0. The Kier molecular flexibility index (Phi) is 2.28. The van der Waals surface area contributed by atoms with Crippen molar-refractivity contribution in [1.82, 2.24) is 15.5 Å². The molecule has 0 spiro atoms. The predicted molar refractivity (Wildman–Crippen MR) is 45.2 cm³/mol. The first kappa shape index (κ1) is 8.65. The minimum absolute atomic E-state index is 0.0926. The van der Waals surface area contributed by atoms with Crippen molar-refractivity contribution in [2.24, 2.45) is 0 Å². The van der Waals surface area contributed by atoms with Gasteiger partial charge in [0.15, 0.2) is 5.82 Å². The molecule has 1 fully saturated rings. The zero-order chi connectivity index (χ0) is 9.26. The molecule has 1 aliphatic rings. The summed E-state index contributed by atoms with van der Waals surface area (Å²) in [7, 11) is 0. The van der Waals surface area contributed by atoms with Crippen LogP contribution >= 0.6 is 0 Å². The van der Waals surface area contributed by atoms with Crippen molar-refractivity contribution < 1.29 is 9.26 Å². The molecule has 2 atom stereocenters. The maximum absolute atomic E-state index is 5.63. The molecule has 0 radical (unpaired) electrons. The quantitative estimate of drug-likeness (QED) is 0.684. The summed E-state index contributed by atoms with van der Waals surface area (Å²) in [4.78, 5) is 4.13. The number of aryl methyl sites for hydroxylation is 1. The number of ether oxygens (including phenoxy) is 1. The number of morpholine rings is 1.